The van der Waals surface area contributed by atoms with E-state index in [0.717, 1.165) is 5.75 Å². The van der Waals surface area contributed by atoms with Crippen molar-refractivity contribution in [3.05, 3.63) is 30.3 Å². The van der Waals surface area contributed by atoms with Gasteiger partial charge in [0.05, 0.1) is 12.0 Å². The van der Waals surface area contributed by atoms with E-state index in [4.69, 9.17) is 9.84 Å². The molecule has 5 heteroatoms. The maximum absolute atomic E-state index is 12.0. The molecule has 1 saturated heterocycles. The Kier molecular flexibility index (Phi) is 4.83. The number of ether oxygens (including phenoxy) is 1. The van der Waals surface area contributed by atoms with Gasteiger partial charge in [0.15, 0.2) is 0 Å². The lowest BCUT2D eigenvalue weighted by molar-refractivity contribution is -0.147. The Hall–Kier alpha value is -2.04. The number of carbonyl (C=O) groups excluding carboxylic acids is 1. The Morgan fingerprint density at radius 3 is 2.67 bits per heavy atom. The highest BCUT2D eigenvalue weighted by atomic mass is 16.5. The van der Waals surface area contributed by atoms with Gasteiger partial charge in [-0.15, -0.1) is 0 Å². The highest BCUT2D eigenvalue weighted by molar-refractivity contribution is 5.80. The number of carboxylic acids is 1. The van der Waals surface area contributed by atoms with E-state index in [2.05, 4.69) is 0 Å². The zero-order valence-electron chi connectivity index (χ0n) is 12.2. The van der Waals surface area contributed by atoms with Crippen LogP contribution < -0.4 is 4.74 Å². The zero-order chi connectivity index (χ0) is 15.3. The Morgan fingerprint density at radius 2 is 2.05 bits per heavy atom. The number of amides is 1. The van der Waals surface area contributed by atoms with Gasteiger partial charge in [0, 0.05) is 19.5 Å². The first-order valence-corrected chi connectivity index (χ1v) is 7.20. The average Bonchev–Trinajstić information content (AvgIpc) is 2.89. The fourth-order valence-electron chi connectivity index (χ4n) is 2.44. The van der Waals surface area contributed by atoms with Gasteiger partial charge >= 0.3 is 5.97 Å². The van der Waals surface area contributed by atoms with Crippen molar-refractivity contribution >= 4 is 11.9 Å². The van der Waals surface area contributed by atoms with Crippen molar-refractivity contribution in [1.29, 1.82) is 0 Å². The average molecular weight is 291 g/mol. The van der Waals surface area contributed by atoms with E-state index in [0.29, 0.717) is 39.0 Å². The number of benzene rings is 1. The lowest BCUT2D eigenvalue weighted by Gasteiger charge is -2.20. The van der Waals surface area contributed by atoms with Crippen LogP contribution in [0.3, 0.4) is 0 Å². The summed E-state index contributed by atoms with van der Waals surface area (Å²) in [4.78, 5) is 24.8. The van der Waals surface area contributed by atoms with Crippen molar-refractivity contribution in [2.75, 3.05) is 19.7 Å². The van der Waals surface area contributed by atoms with Crippen LogP contribution in [0.2, 0.25) is 0 Å². The van der Waals surface area contributed by atoms with Gasteiger partial charge in [-0.05, 0) is 31.9 Å². The van der Waals surface area contributed by atoms with Gasteiger partial charge in [-0.1, -0.05) is 18.2 Å². The molecule has 0 unspecified atom stereocenters. The third kappa shape index (κ3) is 3.97. The molecule has 1 aliphatic rings. The van der Waals surface area contributed by atoms with Crippen molar-refractivity contribution in [3.8, 4) is 5.75 Å². The summed E-state index contributed by atoms with van der Waals surface area (Å²) in [6.07, 6.45) is 1.55. The van der Waals surface area contributed by atoms with Crippen molar-refractivity contribution in [2.45, 2.75) is 26.2 Å². The number of hydrogen-bond donors (Lipinski definition) is 1. The molecular formula is C16H21NO4. The number of hydrogen-bond acceptors (Lipinski definition) is 3. The topological polar surface area (TPSA) is 66.8 Å². The number of aliphatic carboxylic acids is 1. The van der Waals surface area contributed by atoms with Crippen LogP contribution in [0, 0.1) is 5.41 Å². The van der Waals surface area contributed by atoms with E-state index in [1.165, 1.54) is 0 Å². The van der Waals surface area contributed by atoms with Crippen LogP contribution in [0.15, 0.2) is 30.3 Å². The minimum atomic E-state index is -0.829. The normalized spacial score (nSPS) is 21.3. The van der Waals surface area contributed by atoms with Crippen LogP contribution in [0.25, 0.3) is 0 Å². The molecule has 2 rings (SSSR count). The maximum Gasteiger partial charge on any atom is 0.311 e. The second-order valence-corrected chi connectivity index (χ2v) is 5.70. The fourth-order valence-corrected chi connectivity index (χ4v) is 2.44. The standard InChI is InChI=1S/C16H21NO4/c1-16(15(19)20)9-10-17(12-16)14(18)8-5-11-21-13-6-3-2-4-7-13/h2-4,6-7H,5,8-12H2,1H3,(H,19,20)/t16-/m1/s1. The summed E-state index contributed by atoms with van der Waals surface area (Å²) >= 11 is 0. The Bertz CT molecular complexity index is 502. The fraction of sp³-hybridized carbons (Fsp3) is 0.500. The molecule has 1 amide bonds. The van der Waals surface area contributed by atoms with Crippen LogP contribution in [0.1, 0.15) is 26.2 Å². The number of likely N-dealkylation sites (tertiary alicyclic amines) is 1. The summed E-state index contributed by atoms with van der Waals surface area (Å²) in [5, 5.41) is 9.15. The number of nitrogens with zero attached hydrogens (tertiary/aromatic N) is 1. The summed E-state index contributed by atoms with van der Waals surface area (Å²) in [6.45, 7) is 3.02. The molecule has 1 heterocycles. The van der Waals surface area contributed by atoms with E-state index < -0.39 is 11.4 Å². The molecule has 1 fully saturated rings. The second-order valence-electron chi connectivity index (χ2n) is 5.70. The summed E-state index contributed by atoms with van der Waals surface area (Å²) in [6, 6.07) is 9.47. The molecule has 0 aromatic heterocycles. The molecule has 21 heavy (non-hydrogen) atoms. The SMILES string of the molecule is C[C@@]1(C(=O)O)CCN(C(=O)CCCOc2ccccc2)C1. The number of rotatable bonds is 6. The highest BCUT2D eigenvalue weighted by Gasteiger charge is 2.41. The molecule has 1 atom stereocenters. The maximum atomic E-state index is 12.0. The lowest BCUT2D eigenvalue weighted by Crippen LogP contribution is -2.34. The lowest BCUT2D eigenvalue weighted by atomic mass is 9.90. The Morgan fingerprint density at radius 1 is 1.33 bits per heavy atom. The summed E-state index contributed by atoms with van der Waals surface area (Å²) in [5.74, 6) is -0.0218. The van der Waals surface area contributed by atoms with E-state index in [-0.39, 0.29) is 5.91 Å². The van der Waals surface area contributed by atoms with Crippen LogP contribution in [0.4, 0.5) is 0 Å². The van der Waals surface area contributed by atoms with E-state index in [9.17, 15) is 9.59 Å². The quantitative estimate of drug-likeness (QED) is 0.816. The third-order valence-corrected chi connectivity index (χ3v) is 3.89. The molecule has 0 saturated carbocycles. The van der Waals surface area contributed by atoms with Crippen LogP contribution in [0.5, 0.6) is 5.75 Å². The largest absolute Gasteiger partial charge is 0.494 e. The van der Waals surface area contributed by atoms with E-state index >= 15 is 0 Å². The summed E-state index contributed by atoms with van der Waals surface area (Å²) in [7, 11) is 0. The first kappa shape index (κ1) is 15.4. The van der Waals surface area contributed by atoms with E-state index in [1.807, 2.05) is 30.3 Å². The molecule has 1 aromatic rings. The molecule has 114 valence electrons. The number of para-hydroxylation sites is 1. The minimum absolute atomic E-state index is 0.0108. The first-order valence-electron chi connectivity index (χ1n) is 7.20. The van der Waals surface area contributed by atoms with Crippen molar-refractivity contribution in [3.63, 3.8) is 0 Å². The smallest absolute Gasteiger partial charge is 0.311 e. The first-order chi connectivity index (χ1) is 10.0. The third-order valence-electron chi connectivity index (χ3n) is 3.89. The molecule has 5 nitrogen and oxygen atoms in total. The minimum Gasteiger partial charge on any atom is -0.494 e. The second kappa shape index (κ2) is 6.61. The molecule has 0 spiro atoms. The van der Waals surface area contributed by atoms with E-state index in [1.54, 1.807) is 11.8 Å². The monoisotopic (exact) mass is 291 g/mol. The predicted molar refractivity (Wildman–Crippen MR) is 78.1 cm³/mol. The zero-order valence-corrected chi connectivity index (χ0v) is 12.2. The van der Waals surface area contributed by atoms with Crippen molar-refractivity contribution in [1.82, 2.24) is 4.90 Å². The number of carboxylic acid groups (broad SMARTS) is 1. The highest BCUT2D eigenvalue weighted by Crippen LogP contribution is 2.30. The van der Waals surface area contributed by atoms with Crippen LogP contribution >= 0.6 is 0 Å². The summed E-state index contributed by atoms with van der Waals surface area (Å²) in [5.41, 5.74) is -0.795. The van der Waals surface area contributed by atoms with Gasteiger partial charge in [0.2, 0.25) is 5.91 Å². The van der Waals surface area contributed by atoms with Gasteiger partial charge in [-0.3, -0.25) is 9.59 Å². The molecular weight excluding hydrogens is 270 g/mol. The van der Waals surface area contributed by atoms with Gasteiger partial charge < -0.3 is 14.7 Å². The van der Waals surface area contributed by atoms with Gasteiger partial charge in [-0.25, -0.2) is 0 Å². The Labute approximate surface area is 124 Å². The van der Waals surface area contributed by atoms with Crippen LogP contribution in [-0.4, -0.2) is 41.6 Å². The van der Waals surface area contributed by atoms with Crippen molar-refractivity contribution < 1.29 is 19.4 Å². The van der Waals surface area contributed by atoms with Gasteiger partial charge in [0.1, 0.15) is 5.75 Å². The molecule has 1 aromatic carbocycles. The van der Waals surface area contributed by atoms with Gasteiger partial charge in [0.25, 0.3) is 0 Å². The molecule has 0 bridgehead atoms. The van der Waals surface area contributed by atoms with Crippen LogP contribution in [-0.2, 0) is 9.59 Å². The van der Waals surface area contributed by atoms with Gasteiger partial charge in [-0.2, -0.15) is 0 Å². The number of carbonyl (C=O) groups is 2. The molecule has 0 radical (unpaired) electrons. The predicted octanol–water partition coefficient (Wildman–Crippen LogP) is 2.17. The summed E-state index contributed by atoms with van der Waals surface area (Å²) < 4.78 is 5.53. The van der Waals surface area contributed by atoms with Crippen molar-refractivity contribution in [2.24, 2.45) is 5.41 Å². The molecule has 1 N–H and O–H groups in total. The molecule has 1 aliphatic heterocycles. The molecule has 0 aliphatic carbocycles. The Balaban J connectivity index is 1.70.